The molecule has 0 spiro atoms. The van der Waals surface area contributed by atoms with Gasteiger partial charge in [0, 0.05) is 10.9 Å². The van der Waals surface area contributed by atoms with E-state index in [2.05, 4.69) is 17.2 Å². The van der Waals surface area contributed by atoms with E-state index < -0.39 is 0 Å². The fourth-order valence-electron chi connectivity index (χ4n) is 2.78. The molecule has 0 aliphatic rings. The first-order chi connectivity index (χ1) is 14.6. The van der Waals surface area contributed by atoms with Gasteiger partial charge < -0.3 is 10.1 Å². The third-order valence-corrected chi connectivity index (χ3v) is 6.41. The van der Waals surface area contributed by atoms with Gasteiger partial charge >= 0.3 is 0 Å². The number of thioether (sulfide) groups is 1. The number of amides is 1. The van der Waals surface area contributed by atoms with Crippen LogP contribution in [0, 0.1) is 0 Å². The summed E-state index contributed by atoms with van der Waals surface area (Å²) in [6.07, 6.45) is 1.12. The Morgan fingerprint density at radius 1 is 1.10 bits per heavy atom. The van der Waals surface area contributed by atoms with Crippen molar-refractivity contribution in [2.24, 2.45) is 0 Å². The van der Waals surface area contributed by atoms with Crippen molar-refractivity contribution in [3.63, 3.8) is 0 Å². The number of aryl methyl sites for hydroxylation is 1. The van der Waals surface area contributed by atoms with Gasteiger partial charge in [-0.1, -0.05) is 55.1 Å². The molecule has 0 bridgehead atoms. The minimum absolute atomic E-state index is 0.0738. The number of nitrogens with zero attached hydrogens (tertiary/aromatic N) is 1. The molecule has 0 atom stereocenters. The summed E-state index contributed by atoms with van der Waals surface area (Å²) in [6.45, 7) is 4.52. The molecule has 0 aliphatic heterocycles. The third kappa shape index (κ3) is 6.18. The molecule has 5 nitrogen and oxygen atoms in total. The van der Waals surface area contributed by atoms with Gasteiger partial charge in [-0.05, 0) is 31.0 Å². The van der Waals surface area contributed by atoms with Crippen molar-refractivity contribution in [3.8, 4) is 5.75 Å². The van der Waals surface area contributed by atoms with Gasteiger partial charge in [-0.2, -0.15) is 0 Å². The standard InChI is InChI=1S/C23H24N2O3S2/c1-3-16-9-11-17(12-10-16)20(26)15-30-23-24-18(14-29-23)13-22(27)25-19-7-5-6-8-21(19)28-4-2/h5-12,14H,3-4,13,15H2,1-2H3,(H,25,27). The molecule has 156 valence electrons. The van der Waals surface area contributed by atoms with E-state index in [1.807, 2.05) is 60.8 Å². The van der Waals surface area contributed by atoms with Gasteiger partial charge in [-0.3, -0.25) is 9.59 Å². The highest BCUT2D eigenvalue weighted by atomic mass is 32.2. The van der Waals surface area contributed by atoms with Gasteiger partial charge in [0.25, 0.3) is 0 Å². The number of thiazole rings is 1. The lowest BCUT2D eigenvalue weighted by Crippen LogP contribution is -2.15. The maximum atomic E-state index is 12.4. The van der Waals surface area contributed by atoms with Gasteiger partial charge in [-0.15, -0.1) is 11.3 Å². The van der Waals surface area contributed by atoms with Crippen LogP contribution >= 0.6 is 23.1 Å². The first kappa shape index (κ1) is 22.1. The fourth-order valence-corrected chi connectivity index (χ4v) is 4.52. The van der Waals surface area contributed by atoms with Gasteiger partial charge in [0.05, 0.1) is 30.2 Å². The van der Waals surface area contributed by atoms with Gasteiger partial charge in [0.15, 0.2) is 10.1 Å². The maximum Gasteiger partial charge on any atom is 0.230 e. The number of carbonyl (C=O) groups is 2. The van der Waals surface area contributed by atoms with Gasteiger partial charge in [0.1, 0.15) is 5.75 Å². The second-order valence-electron chi connectivity index (χ2n) is 6.52. The zero-order chi connectivity index (χ0) is 21.3. The Morgan fingerprint density at radius 3 is 2.60 bits per heavy atom. The highest BCUT2D eigenvalue weighted by Crippen LogP contribution is 2.26. The molecule has 7 heteroatoms. The molecule has 0 saturated carbocycles. The third-order valence-electron chi connectivity index (χ3n) is 4.34. The number of aromatic nitrogens is 1. The lowest BCUT2D eigenvalue weighted by atomic mass is 10.1. The molecule has 2 aromatic carbocycles. The van der Waals surface area contributed by atoms with Crippen LogP contribution in [0.1, 0.15) is 35.5 Å². The zero-order valence-corrected chi connectivity index (χ0v) is 18.6. The van der Waals surface area contributed by atoms with E-state index in [1.165, 1.54) is 28.7 Å². The molecule has 30 heavy (non-hydrogen) atoms. The summed E-state index contributed by atoms with van der Waals surface area (Å²) in [5, 5.41) is 4.73. The normalized spacial score (nSPS) is 10.6. The predicted molar refractivity (Wildman–Crippen MR) is 123 cm³/mol. The largest absolute Gasteiger partial charge is 0.492 e. The average molecular weight is 441 g/mol. The summed E-state index contributed by atoms with van der Waals surface area (Å²) in [6, 6.07) is 15.1. The van der Waals surface area contributed by atoms with E-state index in [4.69, 9.17) is 4.74 Å². The zero-order valence-electron chi connectivity index (χ0n) is 17.0. The molecular weight excluding hydrogens is 416 g/mol. The summed E-state index contributed by atoms with van der Waals surface area (Å²) < 4.78 is 6.32. The Morgan fingerprint density at radius 2 is 1.87 bits per heavy atom. The van der Waals surface area contributed by atoms with Crippen molar-refractivity contribution in [1.29, 1.82) is 0 Å². The van der Waals surface area contributed by atoms with E-state index in [0.29, 0.717) is 35.1 Å². The Balaban J connectivity index is 1.52. The molecule has 0 unspecified atom stereocenters. The van der Waals surface area contributed by atoms with Crippen molar-refractivity contribution in [2.45, 2.75) is 31.0 Å². The Labute approximate surface area is 184 Å². The number of hydrogen-bond donors (Lipinski definition) is 1. The molecule has 1 amide bonds. The van der Waals surface area contributed by atoms with Crippen LogP contribution in [-0.2, 0) is 17.6 Å². The first-order valence-electron chi connectivity index (χ1n) is 9.80. The van der Waals surface area contributed by atoms with Crippen molar-refractivity contribution in [3.05, 3.63) is 70.7 Å². The molecule has 3 aromatic rings. The summed E-state index contributed by atoms with van der Waals surface area (Å²) in [5.74, 6) is 0.890. The van der Waals surface area contributed by atoms with Crippen LogP contribution in [0.3, 0.4) is 0 Å². The second kappa shape index (κ2) is 10.9. The molecular formula is C23H24N2O3S2. The van der Waals surface area contributed by atoms with Gasteiger partial charge in [0.2, 0.25) is 5.91 Å². The highest BCUT2D eigenvalue weighted by molar-refractivity contribution is 8.01. The number of anilines is 1. The summed E-state index contributed by atoms with van der Waals surface area (Å²) in [7, 11) is 0. The molecule has 0 aliphatic carbocycles. The minimum Gasteiger partial charge on any atom is -0.492 e. The number of Topliss-reactive ketones (excluding diaryl/α,β-unsaturated/α-hetero) is 1. The van der Waals surface area contributed by atoms with Gasteiger partial charge in [-0.25, -0.2) is 4.98 Å². The van der Waals surface area contributed by atoms with Crippen molar-refractivity contribution < 1.29 is 14.3 Å². The van der Waals surface area contributed by atoms with Crippen molar-refractivity contribution >= 4 is 40.5 Å². The molecule has 0 saturated heterocycles. The Hall–Kier alpha value is -2.64. The average Bonchev–Trinajstić information content (AvgIpc) is 3.20. The molecule has 1 heterocycles. The number of nitrogens with one attached hydrogen (secondary N) is 1. The van der Waals surface area contributed by atoms with Crippen molar-refractivity contribution in [2.75, 3.05) is 17.7 Å². The number of ether oxygens (including phenoxy) is 1. The number of rotatable bonds is 10. The molecule has 1 N–H and O–H groups in total. The van der Waals surface area contributed by atoms with E-state index >= 15 is 0 Å². The molecule has 3 rings (SSSR count). The summed E-state index contributed by atoms with van der Waals surface area (Å²) in [5.41, 5.74) is 3.26. The molecule has 0 radical (unpaired) electrons. The summed E-state index contributed by atoms with van der Waals surface area (Å²) >= 11 is 2.85. The Bertz CT molecular complexity index is 1000. The number of para-hydroxylation sites is 2. The van der Waals surface area contributed by atoms with Crippen LogP contribution in [0.4, 0.5) is 5.69 Å². The number of ketones is 1. The maximum absolute atomic E-state index is 12.4. The number of benzene rings is 2. The van der Waals surface area contributed by atoms with Crippen LogP contribution in [0.15, 0.2) is 58.3 Å². The lowest BCUT2D eigenvalue weighted by molar-refractivity contribution is -0.115. The molecule has 1 aromatic heterocycles. The SMILES string of the molecule is CCOc1ccccc1NC(=O)Cc1csc(SCC(=O)c2ccc(CC)cc2)n1. The van der Waals surface area contributed by atoms with E-state index in [1.54, 1.807) is 0 Å². The van der Waals surface area contributed by atoms with E-state index in [9.17, 15) is 9.59 Å². The Kier molecular flexibility index (Phi) is 8.04. The fraction of sp³-hybridized carbons (Fsp3) is 0.261. The number of hydrogen-bond acceptors (Lipinski definition) is 6. The van der Waals surface area contributed by atoms with Crippen LogP contribution in [0.25, 0.3) is 0 Å². The minimum atomic E-state index is -0.156. The topological polar surface area (TPSA) is 68.3 Å². The molecule has 0 fully saturated rings. The number of carbonyl (C=O) groups excluding carboxylic acids is 2. The summed E-state index contributed by atoms with van der Waals surface area (Å²) in [4.78, 5) is 29.2. The van der Waals surface area contributed by atoms with Crippen LogP contribution in [0.2, 0.25) is 0 Å². The van der Waals surface area contributed by atoms with Crippen LogP contribution in [-0.4, -0.2) is 29.0 Å². The van der Waals surface area contributed by atoms with Crippen LogP contribution < -0.4 is 10.1 Å². The second-order valence-corrected chi connectivity index (χ2v) is 8.60. The van der Waals surface area contributed by atoms with E-state index in [-0.39, 0.29) is 18.1 Å². The van der Waals surface area contributed by atoms with Crippen molar-refractivity contribution in [1.82, 2.24) is 4.98 Å². The quantitative estimate of drug-likeness (QED) is 0.344. The lowest BCUT2D eigenvalue weighted by Gasteiger charge is -2.10. The highest BCUT2D eigenvalue weighted by Gasteiger charge is 2.13. The smallest absolute Gasteiger partial charge is 0.230 e. The first-order valence-corrected chi connectivity index (χ1v) is 11.7. The predicted octanol–water partition coefficient (Wildman–Crippen LogP) is 5.26. The monoisotopic (exact) mass is 440 g/mol. The van der Waals surface area contributed by atoms with E-state index in [0.717, 1.165) is 10.8 Å². The van der Waals surface area contributed by atoms with Crippen LogP contribution in [0.5, 0.6) is 5.75 Å².